The number of carbonyl (C=O) groups is 1. The molecule has 1 aromatic rings. The van der Waals surface area contributed by atoms with Crippen molar-refractivity contribution in [1.29, 1.82) is 0 Å². The van der Waals surface area contributed by atoms with E-state index in [-0.39, 0.29) is 29.3 Å². The molecule has 0 amide bonds. The number of ether oxygens (including phenoxy) is 2. The van der Waals surface area contributed by atoms with Gasteiger partial charge in [0.25, 0.3) is 0 Å². The van der Waals surface area contributed by atoms with Gasteiger partial charge in [0.2, 0.25) is 0 Å². The van der Waals surface area contributed by atoms with Crippen LogP contribution in [0.3, 0.4) is 0 Å². The van der Waals surface area contributed by atoms with Crippen LogP contribution in [0.15, 0.2) is 18.2 Å². The fourth-order valence-electron chi connectivity index (χ4n) is 1.77. The molecule has 0 fully saturated rings. The van der Waals surface area contributed by atoms with E-state index in [9.17, 15) is 15.0 Å². The summed E-state index contributed by atoms with van der Waals surface area (Å²) in [6.07, 6.45) is 1.58. The van der Waals surface area contributed by atoms with E-state index in [0.717, 1.165) is 6.42 Å². The van der Waals surface area contributed by atoms with Crippen molar-refractivity contribution in [2.24, 2.45) is 5.92 Å². The number of phenolic OH excluding ortho intramolecular Hbond substituents is 2. The van der Waals surface area contributed by atoms with Gasteiger partial charge in [0.05, 0.1) is 17.8 Å². The fourth-order valence-corrected chi connectivity index (χ4v) is 1.77. The average Bonchev–Trinajstić information content (AvgIpc) is 2.40. The third-order valence-corrected chi connectivity index (χ3v) is 3.34. The van der Waals surface area contributed by atoms with E-state index in [1.807, 2.05) is 13.8 Å². The van der Waals surface area contributed by atoms with Gasteiger partial charge in [-0.25, -0.2) is 4.79 Å². The van der Waals surface area contributed by atoms with Crippen LogP contribution in [-0.2, 0) is 9.47 Å². The summed E-state index contributed by atoms with van der Waals surface area (Å²) >= 11 is 0. The summed E-state index contributed by atoms with van der Waals surface area (Å²) in [4.78, 5) is 11.8. The first-order valence-corrected chi connectivity index (χ1v) is 7.54. The summed E-state index contributed by atoms with van der Waals surface area (Å²) in [5.74, 6) is -0.549. The second-order valence-corrected chi connectivity index (χ2v) is 6.38. The highest BCUT2D eigenvalue weighted by molar-refractivity contribution is 5.90. The maximum atomic E-state index is 11.8. The van der Waals surface area contributed by atoms with Crippen molar-refractivity contribution in [2.75, 3.05) is 13.2 Å². The van der Waals surface area contributed by atoms with E-state index < -0.39 is 5.97 Å². The van der Waals surface area contributed by atoms with Crippen molar-refractivity contribution in [3.05, 3.63) is 23.8 Å². The van der Waals surface area contributed by atoms with Crippen molar-refractivity contribution in [3.63, 3.8) is 0 Å². The van der Waals surface area contributed by atoms with E-state index in [1.165, 1.54) is 18.2 Å². The molecule has 0 bridgehead atoms. The Bertz CT molecular complexity index is 494. The Labute approximate surface area is 131 Å². The van der Waals surface area contributed by atoms with Crippen LogP contribution in [0.2, 0.25) is 0 Å². The molecule has 1 aromatic carbocycles. The minimum atomic E-state index is -0.534. The van der Waals surface area contributed by atoms with E-state index in [1.54, 1.807) is 0 Å². The number of hydrogen-bond donors (Lipinski definition) is 2. The third kappa shape index (κ3) is 6.35. The SMILES string of the molecule is CC(C)CCOC(C)(C)CCOC(=O)c1ccc(O)c(O)c1. The summed E-state index contributed by atoms with van der Waals surface area (Å²) < 4.78 is 11.0. The van der Waals surface area contributed by atoms with Crippen LogP contribution < -0.4 is 0 Å². The van der Waals surface area contributed by atoms with E-state index >= 15 is 0 Å². The van der Waals surface area contributed by atoms with Gasteiger partial charge in [-0.3, -0.25) is 0 Å². The highest BCUT2D eigenvalue weighted by Gasteiger charge is 2.19. The number of aromatic hydroxyl groups is 2. The number of carbonyl (C=O) groups excluding carboxylic acids is 1. The standard InChI is InChI=1S/C17H26O5/c1-12(2)7-9-22-17(3,4)8-10-21-16(20)13-5-6-14(18)15(19)11-13/h5-6,11-12,18-19H,7-10H2,1-4H3. The molecule has 22 heavy (non-hydrogen) atoms. The maximum absolute atomic E-state index is 11.8. The number of benzene rings is 1. The quantitative estimate of drug-likeness (QED) is 0.568. The molecular weight excluding hydrogens is 284 g/mol. The minimum absolute atomic E-state index is 0.203. The van der Waals surface area contributed by atoms with Crippen LogP contribution in [0.25, 0.3) is 0 Å². The zero-order valence-corrected chi connectivity index (χ0v) is 13.8. The van der Waals surface area contributed by atoms with Gasteiger partial charge in [-0.1, -0.05) is 13.8 Å². The number of hydrogen-bond acceptors (Lipinski definition) is 5. The van der Waals surface area contributed by atoms with Crippen LogP contribution in [-0.4, -0.2) is 35.0 Å². The molecule has 1 rings (SSSR count). The van der Waals surface area contributed by atoms with Crippen LogP contribution in [0.4, 0.5) is 0 Å². The predicted octanol–water partition coefficient (Wildman–Crippen LogP) is 3.49. The second kappa shape index (κ2) is 8.03. The Morgan fingerprint density at radius 3 is 2.45 bits per heavy atom. The van der Waals surface area contributed by atoms with Crippen molar-refractivity contribution in [2.45, 2.75) is 46.1 Å². The molecule has 0 aromatic heterocycles. The molecule has 0 saturated heterocycles. The lowest BCUT2D eigenvalue weighted by molar-refractivity contribution is -0.0397. The molecule has 0 atom stereocenters. The highest BCUT2D eigenvalue weighted by Crippen LogP contribution is 2.25. The van der Waals surface area contributed by atoms with Gasteiger partial charge in [0.1, 0.15) is 0 Å². The Hall–Kier alpha value is -1.75. The van der Waals surface area contributed by atoms with E-state index in [0.29, 0.717) is 18.9 Å². The lowest BCUT2D eigenvalue weighted by atomic mass is 10.1. The van der Waals surface area contributed by atoms with Gasteiger partial charge in [-0.2, -0.15) is 0 Å². The predicted molar refractivity (Wildman–Crippen MR) is 84.2 cm³/mol. The molecule has 0 aliphatic heterocycles. The smallest absolute Gasteiger partial charge is 0.338 e. The number of rotatable bonds is 8. The lowest BCUT2D eigenvalue weighted by Gasteiger charge is -2.25. The molecule has 5 nitrogen and oxygen atoms in total. The maximum Gasteiger partial charge on any atom is 0.338 e. The highest BCUT2D eigenvalue weighted by atomic mass is 16.5. The molecule has 0 radical (unpaired) electrons. The molecule has 0 unspecified atom stereocenters. The Morgan fingerprint density at radius 2 is 1.86 bits per heavy atom. The summed E-state index contributed by atoms with van der Waals surface area (Å²) in [6, 6.07) is 3.84. The van der Waals surface area contributed by atoms with E-state index in [4.69, 9.17) is 9.47 Å². The molecule has 0 heterocycles. The van der Waals surface area contributed by atoms with Crippen LogP contribution in [0, 0.1) is 5.92 Å². The summed E-state index contributed by atoms with van der Waals surface area (Å²) in [5.41, 5.74) is -0.152. The van der Waals surface area contributed by atoms with Crippen molar-refractivity contribution in [1.82, 2.24) is 0 Å². The third-order valence-electron chi connectivity index (χ3n) is 3.34. The van der Waals surface area contributed by atoms with Gasteiger partial charge < -0.3 is 19.7 Å². The first kappa shape index (κ1) is 18.3. The Morgan fingerprint density at radius 1 is 1.18 bits per heavy atom. The zero-order valence-electron chi connectivity index (χ0n) is 13.8. The largest absolute Gasteiger partial charge is 0.504 e. The number of phenols is 2. The van der Waals surface area contributed by atoms with Crippen LogP contribution in [0.1, 0.15) is 50.9 Å². The molecule has 0 aliphatic rings. The van der Waals surface area contributed by atoms with Crippen LogP contribution >= 0.6 is 0 Å². The molecule has 124 valence electrons. The Balaban J connectivity index is 2.39. The fraction of sp³-hybridized carbons (Fsp3) is 0.588. The van der Waals surface area contributed by atoms with Crippen molar-refractivity contribution >= 4 is 5.97 Å². The first-order chi connectivity index (χ1) is 10.2. The zero-order chi connectivity index (χ0) is 16.8. The summed E-state index contributed by atoms with van der Waals surface area (Å²) in [7, 11) is 0. The normalized spacial score (nSPS) is 11.7. The summed E-state index contributed by atoms with van der Waals surface area (Å²) in [6.45, 7) is 9.14. The molecule has 0 spiro atoms. The van der Waals surface area contributed by atoms with E-state index in [2.05, 4.69) is 13.8 Å². The minimum Gasteiger partial charge on any atom is -0.504 e. The lowest BCUT2D eigenvalue weighted by Crippen LogP contribution is -2.27. The first-order valence-electron chi connectivity index (χ1n) is 7.54. The van der Waals surface area contributed by atoms with Gasteiger partial charge in [0, 0.05) is 13.0 Å². The van der Waals surface area contributed by atoms with Crippen molar-refractivity contribution < 1.29 is 24.5 Å². The van der Waals surface area contributed by atoms with Gasteiger partial charge in [-0.05, 0) is 44.4 Å². The average molecular weight is 310 g/mol. The van der Waals surface area contributed by atoms with Crippen molar-refractivity contribution in [3.8, 4) is 11.5 Å². The van der Waals surface area contributed by atoms with Gasteiger partial charge in [-0.15, -0.1) is 0 Å². The molecule has 0 aliphatic carbocycles. The topological polar surface area (TPSA) is 76.0 Å². The second-order valence-electron chi connectivity index (χ2n) is 6.38. The monoisotopic (exact) mass is 310 g/mol. The molecular formula is C17H26O5. The van der Waals surface area contributed by atoms with Crippen LogP contribution in [0.5, 0.6) is 11.5 Å². The van der Waals surface area contributed by atoms with Gasteiger partial charge >= 0.3 is 5.97 Å². The van der Waals surface area contributed by atoms with Gasteiger partial charge in [0.15, 0.2) is 11.5 Å². The molecule has 0 saturated carbocycles. The molecule has 2 N–H and O–H groups in total. The molecule has 5 heteroatoms. The number of esters is 1. The summed E-state index contributed by atoms with van der Waals surface area (Å²) in [5, 5.41) is 18.6. The Kier molecular flexibility index (Phi) is 6.68.